The number of fused-ring (bicyclic) bond motifs is 3. The second kappa shape index (κ2) is 7.62. The third kappa shape index (κ3) is 3.70. The van der Waals surface area contributed by atoms with E-state index >= 15 is 0 Å². The van der Waals surface area contributed by atoms with Crippen molar-refractivity contribution in [1.29, 1.82) is 0 Å². The van der Waals surface area contributed by atoms with Crippen LogP contribution in [0.4, 0.5) is 4.39 Å². The van der Waals surface area contributed by atoms with Crippen LogP contribution < -0.4 is 5.32 Å². The molecule has 0 saturated carbocycles. The summed E-state index contributed by atoms with van der Waals surface area (Å²) < 4.78 is 15.2. The Labute approximate surface area is 168 Å². The normalized spacial score (nSPS) is 11.3. The topological polar surface area (TPSA) is 59.3 Å². The molecule has 0 fully saturated rings. The largest absolute Gasteiger partial charge is 0.352 e. The number of nitrogens with one attached hydrogen (secondary N) is 1. The standard InChI is InChI=1S/C23H23FN4O/c1-14-12-17(8-10-20(14)24)13-25-22(29)11-9-18-15(2)26-23-19-6-4-5-7-21(19)27-28(23)16(18)3/h4-8,10,12H,9,11,13H2,1-3H3,(H,25,29). The van der Waals surface area contributed by atoms with Gasteiger partial charge in [0.25, 0.3) is 0 Å². The summed E-state index contributed by atoms with van der Waals surface area (Å²) in [7, 11) is 0. The van der Waals surface area contributed by atoms with E-state index in [-0.39, 0.29) is 11.7 Å². The number of rotatable bonds is 5. The lowest BCUT2D eigenvalue weighted by atomic mass is 10.1. The lowest BCUT2D eigenvalue weighted by Crippen LogP contribution is -2.23. The number of carbonyl (C=O) groups is 1. The van der Waals surface area contributed by atoms with Crippen molar-refractivity contribution in [2.75, 3.05) is 0 Å². The predicted molar refractivity (Wildman–Crippen MR) is 111 cm³/mol. The van der Waals surface area contributed by atoms with Gasteiger partial charge in [-0.25, -0.2) is 13.9 Å². The van der Waals surface area contributed by atoms with Crippen LogP contribution in [0.2, 0.25) is 0 Å². The van der Waals surface area contributed by atoms with Gasteiger partial charge in [0.2, 0.25) is 5.91 Å². The first kappa shape index (κ1) is 19.1. The van der Waals surface area contributed by atoms with E-state index in [1.54, 1.807) is 19.1 Å². The maximum absolute atomic E-state index is 13.4. The summed E-state index contributed by atoms with van der Waals surface area (Å²) in [6, 6.07) is 12.8. The second-order valence-corrected chi connectivity index (χ2v) is 7.37. The molecule has 1 N–H and O–H groups in total. The van der Waals surface area contributed by atoms with Gasteiger partial charge in [-0.3, -0.25) is 4.79 Å². The Hall–Kier alpha value is -3.28. The molecule has 0 aliphatic rings. The van der Waals surface area contributed by atoms with E-state index in [0.29, 0.717) is 24.9 Å². The van der Waals surface area contributed by atoms with Gasteiger partial charge in [0.15, 0.2) is 5.65 Å². The SMILES string of the molecule is Cc1cc(CNC(=O)CCc2c(C)nc3c4ccccc4nn3c2C)ccc1F. The molecule has 5 nitrogen and oxygen atoms in total. The van der Waals surface area contributed by atoms with Gasteiger partial charge < -0.3 is 5.32 Å². The quantitative estimate of drug-likeness (QED) is 0.556. The molecule has 0 saturated heterocycles. The molecule has 29 heavy (non-hydrogen) atoms. The molecule has 0 radical (unpaired) electrons. The molecular formula is C23H23FN4O. The monoisotopic (exact) mass is 390 g/mol. The average molecular weight is 390 g/mol. The van der Waals surface area contributed by atoms with Crippen molar-refractivity contribution in [1.82, 2.24) is 19.9 Å². The number of hydrogen-bond donors (Lipinski definition) is 1. The highest BCUT2D eigenvalue weighted by Crippen LogP contribution is 2.22. The zero-order chi connectivity index (χ0) is 20.5. The number of aromatic nitrogens is 3. The molecule has 0 bridgehead atoms. The summed E-state index contributed by atoms with van der Waals surface area (Å²) >= 11 is 0. The van der Waals surface area contributed by atoms with E-state index in [1.165, 1.54) is 6.07 Å². The minimum atomic E-state index is -0.236. The van der Waals surface area contributed by atoms with E-state index in [0.717, 1.165) is 39.1 Å². The van der Waals surface area contributed by atoms with Gasteiger partial charge >= 0.3 is 0 Å². The van der Waals surface area contributed by atoms with Crippen molar-refractivity contribution in [3.05, 3.63) is 76.4 Å². The van der Waals surface area contributed by atoms with Gasteiger partial charge in [0.05, 0.1) is 5.52 Å². The molecule has 1 amide bonds. The highest BCUT2D eigenvalue weighted by molar-refractivity contribution is 5.92. The zero-order valence-electron chi connectivity index (χ0n) is 16.8. The van der Waals surface area contributed by atoms with Crippen LogP contribution in [0.1, 0.15) is 34.5 Å². The van der Waals surface area contributed by atoms with Crippen LogP contribution in [0.5, 0.6) is 0 Å². The third-order valence-corrected chi connectivity index (χ3v) is 5.33. The number of nitrogens with zero attached hydrogens (tertiary/aromatic N) is 3. The zero-order valence-corrected chi connectivity index (χ0v) is 16.8. The molecule has 0 aliphatic heterocycles. The summed E-state index contributed by atoms with van der Waals surface area (Å²) in [5.41, 5.74) is 6.18. The number of amides is 1. The fourth-order valence-corrected chi connectivity index (χ4v) is 3.68. The van der Waals surface area contributed by atoms with Crippen molar-refractivity contribution in [2.45, 2.75) is 40.2 Å². The van der Waals surface area contributed by atoms with E-state index in [1.807, 2.05) is 42.6 Å². The van der Waals surface area contributed by atoms with Crippen LogP contribution >= 0.6 is 0 Å². The molecule has 4 rings (SSSR count). The summed E-state index contributed by atoms with van der Waals surface area (Å²) in [5, 5.41) is 8.59. The first-order valence-corrected chi connectivity index (χ1v) is 9.69. The smallest absolute Gasteiger partial charge is 0.220 e. The fourth-order valence-electron chi connectivity index (χ4n) is 3.68. The van der Waals surface area contributed by atoms with Crippen LogP contribution in [0.25, 0.3) is 16.6 Å². The highest BCUT2D eigenvalue weighted by atomic mass is 19.1. The van der Waals surface area contributed by atoms with Gasteiger partial charge in [-0.15, -0.1) is 0 Å². The average Bonchev–Trinajstić information content (AvgIpc) is 3.07. The minimum Gasteiger partial charge on any atom is -0.352 e. The molecule has 0 unspecified atom stereocenters. The first-order chi connectivity index (χ1) is 13.9. The van der Waals surface area contributed by atoms with Crippen LogP contribution in [0.3, 0.4) is 0 Å². The van der Waals surface area contributed by atoms with Crippen molar-refractivity contribution in [2.24, 2.45) is 0 Å². The molecule has 0 aliphatic carbocycles. The van der Waals surface area contributed by atoms with Crippen molar-refractivity contribution in [3.63, 3.8) is 0 Å². The lowest BCUT2D eigenvalue weighted by Gasteiger charge is -2.11. The molecular weight excluding hydrogens is 367 g/mol. The van der Waals surface area contributed by atoms with Crippen LogP contribution in [0.15, 0.2) is 42.5 Å². The van der Waals surface area contributed by atoms with Gasteiger partial charge in [-0.05, 0) is 62.1 Å². The molecule has 148 valence electrons. The Kier molecular flexibility index (Phi) is 5.01. The van der Waals surface area contributed by atoms with E-state index in [4.69, 9.17) is 4.98 Å². The first-order valence-electron chi connectivity index (χ1n) is 9.69. The number of carbonyl (C=O) groups excluding carboxylic acids is 1. The van der Waals surface area contributed by atoms with Gasteiger partial charge in [0, 0.05) is 29.7 Å². The van der Waals surface area contributed by atoms with Gasteiger partial charge in [-0.2, -0.15) is 5.10 Å². The summed E-state index contributed by atoms with van der Waals surface area (Å²) in [4.78, 5) is 17.1. The number of halogens is 1. The Balaban J connectivity index is 1.48. The third-order valence-electron chi connectivity index (χ3n) is 5.33. The highest BCUT2D eigenvalue weighted by Gasteiger charge is 2.15. The lowest BCUT2D eigenvalue weighted by molar-refractivity contribution is -0.121. The molecule has 0 spiro atoms. The summed E-state index contributed by atoms with van der Waals surface area (Å²) in [6.45, 7) is 6.10. The Bertz CT molecular complexity index is 1230. The van der Waals surface area contributed by atoms with E-state index < -0.39 is 0 Å². The number of benzene rings is 2. The van der Waals surface area contributed by atoms with E-state index in [2.05, 4.69) is 10.4 Å². The number of hydrogen-bond acceptors (Lipinski definition) is 3. The summed E-state index contributed by atoms with van der Waals surface area (Å²) in [6.07, 6.45) is 0.945. The van der Waals surface area contributed by atoms with Gasteiger partial charge in [0.1, 0.15) is 5.82 Å². The molecule has 2 aromatic carbocycles. The maximum atomic E-state index is 13.4. The molecule has 2 aromatic heterocycles. The summed E-state index contributed by atoms with van der Waals surface area (Å²) in [5.74, 6) is -0.281. The Morgan fingerprint density at radius 3 is 2.72 bits per heavy atom. The predicted octanol–water partition coefficient (Wildman–Crippen LogP) is 4.20. The molecule has 6 heteroatoms. The van der Waals surface area contributed by atoms with Crippen molar-refractivity contribution in [3.8, 4) is 0 Å². The van der Waals surface area contributed by atoms with Crippen molar-refractivity contribution < 1.29 is 9.18 Å². The van der Waals surface area contributed by atoms with Crippen LogP contribution in [0, 0.1) is 26.6 Å². The Morgan fingerprint density at radius 1 is 1.14 bits per heavy atom. The van der Waals surface area contributed by atoms with E-state index in [9.17, 15) is 9.18 Å². The van der Waals surface area contributed by atoms with Crippen LogP contribution in [-0.4, -0.2) is 20.5 Å². The molecule has 4 aromatic rings. The number of aryl methyl sites for hydroxylation is 3. The molecule has 2 heterocycles. The van der Waals surface area contributed by atoms with Crippen molar-refractivity contribution >= 4 is 22.5 Å². The van der Waals surface area contributed by atoms with Gasteiger partial charge in [-0.1, -0.05) is 24.3 Å². The maximum Gasteiger partial charge on any atom is 0.220 e. The Morgan fingerprint density at radius 2 is 1.93 bits per heavy atom. The molecule has 0 atom stereocenters. The van der Waals surface area contributed by atoms with Crippen LogP contribution in [-0.2, 0) is 17.8 Å². The second-order valence-electron chi connectivity index (χ2n) is 7.37. The fraction of sp³-hybridized carbons (Fsp3) is 0.261. The minimum absolute atomic E-state index is 0.0449.